The van der Waals surface area contributed by atoms with Crippen molar-refractivity contribution in [1.82, 2.24) is 39.9 Å². The summed E-state index contributed by atoms with van der Waals surface area (Å²) in [6.07, 6.45) is 17.6. The van der Waals surface area contributed by atoms with E-state index in [-0.39, 0.29) is 59.6 Å². The van der Waals surface area contributed by atoms with Gasteiger partial charge in [0.1, 0.15) is 33.7 Å². The van der Waals surface area contributed by atoms with Gasteiger partial charge in [0.2, 0.25) is 29.6 Å². The Labute approximate surface area is 722 Å². The van der Waals surface area contributed by atoms with Crippen LogP contribution in [-0.4, -0.2) is 115 Å². The molecular weight excluding hydrogens is 1620 g/mol. The smallest absolute Gasteiger partial charge is 0.226 e. The Kier molecular flexibility index (Phi) is 34.1. The van der Waals surface area contributed by atoms with Crippen LogP contribution in [-0.2, 0) is 44.9 Å². The van der Waals surface area contributed by atoms with Crippen LogP contribution in [0.1, 0.15) is 149 Å². The summed E-state index contributed by atoms with van der Waals surface area (Å²) in [5.41, 5.74) is 20.6. The zero-order chi connectivity index (χ0) is 86.7. The summed E-state index contributed by atoms with van der Waals surface area (Å²) in [6.45, 7) is 9.19. The predicted molar refractivity (Wildman–Crippen MR) is 475 cm³/mol. The third-order valence-electron chi connectivity index (χ3n) is 19.7. The van der Waals surface area contributed by atoms with Gasteiger partial charge in [-0.1, -0.05) is 158 Å². The number of hydrogen-bond donors (Lipinski definition) is 1. The first-order valence-corrected chi connectivity index (χ1v) is 40.5. The maximum atomic E-state index is 13.6. The van der Waals surface area contributed by atoms with Crippen molar-refractivity contribution < 1.29 is 42.7 Å². The van der Waals surface area contributed by atoms with Crippen LogP contribution < -0.4 is 25.3 Å². The van der Waals surface area contributed by atoms with Gasteiger partial charge in [-0.3, -0.25) is 63.3 Å². The molecule has 4 aromatic carbocycles. The van der Waals surface area contributed by atoms with Gasteiger partial charge in [-0.2, -0.15) is 4.39 Å². The van der Waals surface area contributed by atoms with E-state index >= 15 is 0 Å². The highest BCUT2D eigenvalue weighted by Gasteiger charge is 2.21. The zero-order valence-electron chi connectivity index (χ0n) is 67.7. The van der Waals surface area contributed by atoms with E-state index in [2.05, 4.69) is 39.9 Å². The van der Waals surface area contributed by atoms with Crippen molar-refractivity contribution in [1.29, 1.82) is 0 Å². The van der Waals surface area contributed by atoms with E-state index in [9.17, 15) is 42.7 Å². The molecule has 0 saturated heterocycles. The molecule has 0 bridgehead atoms. The van der Waals surface area contributed by atoms with Gasteiger partial charge in [-0.25, -0.2) is 15.0 Å². The third kappa shape index (κ3) is 25.0. The molecule has 120 heavy (non-hydrogen) atoms. The summed E-state index contributed by atoms with van der Waals surface area (Å²) >= 11 is 31.8. The Morgan fingerprint density at radius 3 is 0.892 bits per heavy atom. The van der Waals surface area contributed by atoms with Gasteiger partial charge in [0, 0.05) is 208 Å². The van der Waals surface area contributed by atoms with Gasteiger partial charge in [-0.05, 0) is 146 Å². The number of carbonyl (C=O) groups is 8. The van der Waals surface area contributed by atoms with Gasteiger partial charge >= 0.3 is 0 Å². The fourth-order valence-corrected chi connectivity index (χ4v) is 13.7. The highest BCUT2D eigenvalue weighted by Crippen LogP contribution is 2.37. The van der Waals surface area contributed by atoms with Crippen molar-refractivity contribution in [2.24, 2.45) is 0 Å². The van der Waals surface area contributed by atoms with Crippen molar-refractivity contribution in [2.75, 3.05) is 53.5 Å². The summed E-state index contributed by atoms with van der Waals surface area (Å²) in [5, 5.41) is 2.44. The van der Waals surface area contributed by atoms with Gasteiger partial charge in [-0.15, -0.1) is 0 Å². The molecule has 27 heteroatoms. The van der Waals surface area contributed by atoms with Crippen LogP contribution in [0, 0.1) is 12.9 Å². The number of nitrogens with zero attached hydrogens (tertiary/aromatic N) is 12. The highest BCUT2D eigenvalue weighted by molar-refractivity contribution is 6.35. The minimum absolute atomic E-state index is 0.00508. The fraction of sp³-hybridized carbons (Fsp3) is 0.226. The molecule has 4 amide bonds. The number of rotatable bonds is 28. The molecule has 21 nitrogen and oxygen atoms in total. The van der Waals surface area contributed by atoms with Crippen LogP contribution in [0.2, 0.25) is 25.2 Å². The van der Waals surface area contributed by atoms with E-state index < -0.39 is 5.95 Å². The first-order chi connectivity index (χ1) is 57.6. The lowest BCUT2D eigenvalue weighted by Crippen LogP contribution is -2.24. The molecule has 0 fully saturated rings. The molecule has 12 aromatic rings. The zero-order valence-corrected chi connectivity index (χ0v) is 71.5. The molecule has 0 aliphatic heterocycles. The van der Waals surface area contributed by atoms with Crippen LogP contribution in [0.15, 0.2) is 219 Å². The molecule has 0 unspecified atom stereocenters. The van der Waals surface area contributed by atoms with Gasteiger partial charge in [0.05, 0.1) is 20.1 Å². The summed E-state index contributed by atoms with van der Waals surface area (Å²) in [6, 6.07) is 50.2. The quantitative estimate of drug-likeness (QED) is 0.0352. The lowest BCUT2D eigenvalue weighted by molar-refractivity contribution is -0.118. The number of benzene rings is 4. The van der Waals surface area contributed by atoms with E-state index in [1.165, 1.54) is 6.20 Å². The number of Topliss-reactive ketones (excluding diaryl/α,β-unsaturated/α-hetero) is 4. The molecule has 0 atom stereocenters. The normalized spacial score (nSPS) is 10.7. The number of pyridine rings is 8. The summed E-state index contributed by atoms with van der Waals surface area (Å²) < 4.78 is 13.6. The molecule has 616 valence electrons. The lowest BCUT2D eigenvalue weighted by Gasteiger charge is -2.17. The number of hydrogen-bond acceptors (Lipinski definition) is 17. The first kappa shape index (κ1) is 91.7. The van der Waals surface area contributed by atoms with Crippen molar-refractivity contribution in [3.63, 3.8) is 0 Å². The number of ketones is 4. The molecule has 8 heterocycles. The standard InChI is InChI=1S/C24H24ClN3O2.C23H21Cl2N3O2.C23H21ClFN3O2.C23H23ClN4O2/c1-4-24(30)28(3)19-9-10-20(21(25)14-19)18-7-11-22(27-15-18)23(29)12-8-17-6-5-13-26-16(17)2;3*1-3-22(30)28(2)17-8-9-18(19(24)13-17)16-6-10-20(27-14-16)21(29)11-7-15-5-4-12-26-23(15)25/h5-7,9-11,13-15H,4,8,12H2,1-3H3;2*4-6,8-10,12-14H,3,7,11H2,1-2H3;4-6,8-10,12-14H,3,7,11H2,1-2H3,(H2,25,26). The second-order valence-corrected chi connectivity index (χ2v) is 29.5. The molecule has 12 rings (SSSR count). The SMILES string of the molecule is CCC(=O)N(C)c1ccc(-c2ccc(C(=O)CCc3cccnc3C)nc2)c(Cl)c1.CCC(=O)N(C)c1ccc(-c2ccc(C(=O)CCc3cccnc3Cl)nc2)c(Cl)c1.CCC(=O)N(C)c1ccc(-c2ccc(C(=O)CCc3cccnc3F)nc2)c(Cl)c1.CCC(=O)N(C)c1ccc(-c2ccc(C(=O)CCc3cccnc3N)nc2)c(Cl)c1. The maximum absolute atomic E-state index is 13.6. The molecular formula is C93H89Cl5FN13O8. The Morgan fingerprint density at radius 2 is 0.608 bits per heavy atom. The van der Waals surface area contributed by atoms with Crippen LogP contribution >= 0.6 is 58.0 Å². The number of nitrogens with two attached hydrogens (primary N) is 1. The van der Waals surface area contributed by atoms with E-state index in [1.807, 2.05) is 119 Å². The average molecular weight is 1710 g/mol. The maximum Gasteiger partial charge on any atom is 0.226 e. The predicted octanol–water partition coefficient (Wildman–Crippen LogP) is 20.6. The number of carbonyl (C=O) groups excluding carboxylic acids is 8. The molecule has 0 aliphatic rings. The van der Waals surface area contributed by atoms with Crippen LogP contribution in [0.3, 0.4) is 0 Å². The minimum Gasteiger partial charge on any atom is -0.383 e. The molecule has 0 saturated carbocycles. The molecule has 8 aromatic heterocycles. The first-order valence-electron chi connectivity index (χ1n) is 38.6. The minimum atomic E-state index is -0.557. The largest absolute Gasteiger partial charge is 0.383 e. The second kappa shape index (κ2) is 44.6. The van der Waals surface area contributed by atoms with Crippen LogP contribution in [0.4, 0.5) is 33.0 Å². The summed E-state index contributed by atoms with van der Waals surface area (Å²) in [7, 11) is 6.87. The Bertz CT molecular complexity index is 4960. The van der Waals surface area contributed by atoms with Gasteiger partial charge in [0.25, 0.3) is 0 Å². The second-order valence-electron chi connectivity index (χ2n) is 27.5. The van der Waals surface area contributed by atoms with Crippen molar-refractivity contribution in [3.05, 3.63) is 301 Å². The number of aryl methyl sites for hydroxylation is 5. The third-order valence-corrected chi connectivity index (χ3v) is 21.3. The summed E-state index contributed by atoms with van der Waals surface area (Å²) in [5.74, 6) is -0.395. The van der Waals surface area contributed by atoms with E-state index in [1.54, 1.807) is 177 Å². The van der Waals surface area contributed by atoms with Crippen LogP contribution in [0.5, 0.6) is 0 Å². The number of aromatic nitrogens is 8. The molecule has 0 spiro atoms. The van der Waals surface area contributed by atoms with Crippen molar-refractivity contribution >= 4 is 133 Å². The number of halogens is 6. The molecule has 2 N–H and O–H groups in total. The Morgan fingerprint density at radius 1 is 0.333 bits per heavy atom. The number of anilines is 5. The summed E-state index contributed by atoms with van der Waals surface area (Å²) in [4.78, 5) is 137. The van der Waals surface area contributed by atoms with E-state index in [4.69, 9.17) is 63.7 Å². The van der Waals surface area contributed by atoms with Crippen molar-refractivity contribution in [3.8, 4) is 44.5 Å². The Balaban J connectivity index is 0.000000182. The van der Waals surface area contributed by atoms with Crippen molar-refractivity contribution in [2.45, 2.75) is 112 Å². The van der Waals surface area contributed by atoms with E-state index in [0.717, 1.165) is 84.0 Å². The molecule has 0 radical (unpaired) electrons. The number of amides is 4. The topological polar surface area (TPSA) is 279 Å². The van der Waals surface area contributed by atoms with Gasteiger partial charge in [0.15, 0.2) is 23.1 Å². The van der Waals surface area contributed by atoms with E-state index in [0.29, 0.717) is 129 Å². The average Bonchev–Trinajstić information content (AvgIpc) is 0.820. The fourth-order valence-electron chi connectivity index (χ4n) is 12.3. The Hall–Kier alpha value is -12.2. The number of nitrogen functional groups attached to an aromatic ring is 1. The monoisotopic (exact) mass is 1710 g/mol. The van der Waals surface area contributed by atoms with Gasteiger partial charge < -0.3 is 25.3 Å². The van der Waals surface area contributed by atoms with Crippen LogP contribution in [0.25, 0.3) is 44.5 Å². The lowest BCUT2D eigenvalue weighted by atomic mass is 10.0. The highest BCUT2D eigenvalue weighted by atomic mass is 35.5. The molecule has 0 aliphatic carbocycles.